The number of rotatable bonds is 22. The van der Waals surface area contributed by atoms with E-state index in [1.165, 1.54) is 0 Å². The molecule has 3 aromatic carbocycles. The van der Waals surface area contributed by atoms with Gasteiger partial charge < -0.3 is 32.6 Å². The Labute approximate surface area is 311 Å². The number of hydrogen-bond acceptors (Lipinski definition) is 8. The molecule has 0 fully saturated rings. The van der Waals surface area contributed by atoms with Crippen molar-refractivity contribution in [2.75, 3.05) is 6.54 Å². The highest BCUT2D eigenvalue weighted by atomic mass is 16.5. The van der Waals surface area contributed by atoms with E-state index in [9.17, 15) is 39.1 Å². The number of H-pyrrole nitrogens is 1. The van der Waals surface area contributed by atoms with Crippen molar-refractivity contribution in [2.24, 2.45) is 39.9 Å². The summed E-state index contributed by atoms with van der Waals surface area (Å²) in [4.78, 5) is 85.2. The van der Waals surface area contributed by atoms with Gasteiger partial charge in [0.1, 0.15) is 5.78 Å². The van der Waals surface area contributed by atoms with Crippen LogP contribution in [-0.2, 0) is 41.6 Å². The van der Waals surface area contributed by atoms with E-state index in [1.54, 1.807) is 11.7 Å². The molecule has 4 aromatic rings. The summed E-state index contributed by atoms with van der Waals surface area (Å²) in [6.45, 7) is 0.161. The number of hydroxylamine groups is 1. The van der Waals surface area contributed by atoms with Gasteiger partial charge in [0, 0.05) is 73.5 Å². The zero-order valence-corrected chi connectivity index (χ0v) is 29.8. The van der Waals surface area contributed by atoms with Crippen LogP contribution in [-0.4, -0.2) is 69.1 Å². The van der Waals surface area contributed by atoms with Crippen LogP contribution in [0.5, 0.6) is 0 Å². The number of amides is 3. The Morgan fingerprint density at radius 3 is 2.13 bits per heavy atom. The first-order valence-electron chi connectivity index (χ1n) is 17.7. The number of nitrogens with zero attached hydrogens (tertiary/aromatic N) is 1. The van der Waals surface area contributed by atoms with Crippen LogP contribution >= 0.6 is 0 Å². The molecule has 1 heterocycles. The van der Waals surface area contributed by atoms with Gasteiger partial charge in [0.2, 0.25) is 17.7 Å². The topological polar surface area (TPSA) is 273 Å². The van der Waals surface area contributed by atoms with Gasteiger partial charge in [-0.05, 0) is 53.6 Å². The third-order valence-electron chi connectivity index (χ3n) is 9.54. The molecule has 0 bridgehead atoms. The summed E-state index contributed by atoms with van der Waals surface area (Å²) >= 11 is 0. The molecular formula is C39H47N7O8. The fraction of sp³-hybridized carbons (Fsp3) is 0.359. The van der Waals surface area contributed by atoms with Crippen molar-refractivity contribution in [3.63, 3.8) is 0 Å². The van der Waals surface area contributed by atoms with Crippen LogP contribution in [0.1, 0.15) is 56.1 Å². The smallest absolute Gasteiger partial charge is 0.303 e. The second-order valence-corrected chi connectivity index (χ2v) is 13.4. The van der Waals surface area contributed by atoms with Crippen molar-refractivity contribution in [2.45, 2.75) is 63.8 Å². The number of carboxylic acid groups (broad SMARTS) is 1. The number of aromatic nitrogens is 1. The maximum absolute atomic E-state index is 14.2. The number of ketones is 2. The van der Waals surface area contributed by atoms with Crippen molar-refractivity contribution in [1.29, 1.82) is 0 Å². The van der Waals surface area contributed by atoms with Crippen LogP contribution in [0.4, 0.5) is 0 Å². The molecule has 0 aliphatic rings. The molecule has 3 amide bonds. The van der Waals surface area contributed by atoms with Crippen molar-refractivity contribution in [1.82, 2.24) is 15.8 Å². The number of carbonyl (C=O) groups excluding carboxylic acids is 5. The maximum Gasteiger partial charge on any atom is 0.303 e. The van der Waals surface area contributed by atoms with E-state index >= 15 is 0 Å². The largest absolute Gasteiger partial charge is 0.481 e. The van der Waals surface area contributed by atoms with E-state index in [2.05, 4.69) is 15.3 Å². The first-order valence-corrected chi connectivity index (χ1v) is 17.7. The lowest BCUT2D eigenvalue weighted by atomic mass is 9.84. The lowest BCUT2D eigenvalue weighted by Gasteiger charge is -2.24. The Bertz CT molecular complexity index is 2000. The molecule has 54 heavy (non-hydrogen) atoms. The highest BCUT2D eigenvalue weighted by molar-refractivity contribution is 5.96. The van der Waals surface area contributed by atoms with E-state index in [-0.39, 0.29) is 57.5 Å². The predicted octanol–water partition coefficient (Wildman–Crippen LogP) is 2.66. The molecule has 1 aromatic heterocycles. The molecule has 0 radical (unpaired) electrons. The molecule has 15 nitrogen and oxygen atoms in total. The molecule has 4 atom stereocenters. The Morgan fingerprint density at radius 1 is 0.741 bits per heavy atom. The average Bonchev–Trinajstić information content (AvgIpc) is 3.55. The molecule has 0 saturated carbocycles. The number of nitrogens with two attached hydrogens (primary N) is 3. The molecule has 0 aliphatic heterocycles. The van der Waals surface area contributed by atoms with Gasteiger partial charge >= 0.3 is 5.97 Å². The summed E-state index contributed by atoms with van der Waals surface area (Å²) in [6.07, 6.45) is 0.732. The van der Waals surface area contributed by atoms with Gasteiger partial charge in [-0.3, -0.25) is 39.0 Å². The fourth-order valence-electron chi connectivity index (χ4n) is 6.67. The lowest BCUT2D eigenvalue weighted by Crippen LogP contribution is -2.46. The first-order chi connectivity index (χ1) is 25.9. The van der Waals surface area contributed by atoms with Crippen LogP contribution < -0.4 is 28.0 Å². The maximum atomic E-state index is 14.2. The standard InChI is InChI=1S/C39H47N7O8/c40-37(52)25(14-15-36(50)51)19-34(48)32(18-28-22-44-31-13-4-3-12-30(28)31)45-38(53)26(10-6-16-43-39(41)42)20-33(47)27(21-35(49)46-54)17-24-9-5-8-23-7-1-2-11-29(23)24/h1-5,7-9,11-13,22,25-27,32,44,54H,6,10,14-21H2,(H2,40,52)(H,45,53)(H,46,49)(H,50,51)(H4,41,42,43)/t25-,26-,27-,32+/m1/s1. The number of carboxylic acids is 1. The van der Waals surface area contributed by atoms with Crippen molar-refractivity contribution < 1.29 is 39.1 Å². The quantitative estimate of drug-likeness (QED) is 0.0192. The number of aliphatic imine (C=N–C) groups is 1. The van der Waals surface area contributed by atoms with E-state index in [0.717, 1.165) is 27.2 Å². The second kappa shape index (κ2) is 19.7. The zero-order chi connectivity index (χ0) is 39.2. The molecular weight excluding hydrogens is 694 g/mol. The highest BCUT2D eigenvalue weighted by Gasteiger charge is 2.32. The molecule has 0 saturated heterocycles. The fourth-order valence-corrected chi connectivity index (χ4v) is 6.67. The molecule has 4 rings (SSSR count). The third kappa shape index (κ3) is 11.7. The minimum atomic E-state index is -1.18. The van der Waals surface area contributed by atoms with E-state index in [4.69, 9.17) is 17.2 Å². The van der Waals surface area contributed by atoms with Gasteiger partial charge in [-0.1, -0.05) is 60.7 Å². The van der Waals surface area contributed by atoms with Crippen molar-refractivity contribution in [3.05, 3.63) is 84.1 Å². The number of hydrogen-bond donors (Lipinski definition) is 8. The SMILES string of the molecule is NC(=O)[C@H](CCC(=O)O)CC(=O)[C@H](Cc1c[nH]c2ccccc12)NC(=O)[C@H](CCCN=C(N)N)CC(=O)[C@@H](CC(=O)NO)Cc1cccc2ccccc12. The number of aliphatic carboxylic acids is 1. The molecule has 286 valence electrons. The van der Waals surface area contributed by atoms with Crippen LogP contribution in [0, 0.1) is 17.8 Å². The monoisotopic (exact) mass is 741 g/mol. The van der Waals surface area contributed by atoms with Gasteiger partial charge in [-0.15, -0.1) is 0 Å². The Morgan fingerprint density at radius 2 is 1.43 bits per heavy atom. The van der Waals surface area contributed by atoms with E-state index in [0.29, 0.717) is 12.0 Å². The minimum absolute atomic E-state index is 0.0219. The zero-order valence-electron chi connectivity index (χ0n) is 29.8. The summed E-state index contributed by atoms with van der Waals surface area (Å²) in [5.74, 6) is -7.45. The van der Waals surface area contributed by atoms with Gasteiger partial charge in [-0.25, -0.2) is 5.48 Å². The summed E-state index contributed by atoms with van der Waals surface area (Å²) in [5.41, 5.74) is 20.4. The van der Waals surface area contributed by atoms with Gasteiger partial charge in [-0.2, -0.15) is 0 Å². The van der Waals surface area contributed by atoms with Crippen LogP contribution in [0.2, 0.25) is 0 Å². The summed E-state index contributed by atoms with van der Waals surface area (Å²) in [6, 6.07) is 19.4. The number of nitrogens with one attached hydrogen (secondary N) is 3. The Kier molecular flexibility index (Phi) is 14.8. The number of Topliss-reactive ketones (excluding diaryl/α,β-unsaturated/α-hetero) is 2. The minimum Gasteiger partial charge on any atom is -0.481 e. The summed E-state index contributed by atoms with van der Waals surface area (Å²) < 4.78 is 0. The van der Waals surface area contributed by atoms with Gasteiger partial charge in [0.05, 0.1) is 6.04 Å². The number of para-hydroxylation sites is 1. The lowest BCUT2D eigenvalue weighted by molar-refractivity contribution is -0.138. The Balaban J connectivity index is 1.63. The van der Waals surface area contributed by atoms with Gasteiger partial charge in [0.25, 0.3) is 0 Å². The number of fused-ring (bicyclic) bond motifs is 2. The normalized spacial score (nSPS) is 13.4. The number of guanidine groups is 1. The number of benzene rings is 3. The molecule has 0 unspecified atom stereocenters. The Hall–Kier alpha value is -6.09. The van der Waals surface area contributed by atoms with E-state index < -0.39 is 65.5 Å². The average molecular weight is 742 g/mol. The van der Waals surface area contributed by atoms with Gasteiger partial charge in [0.15, 0.2) is 11.7 Å². The third-order valence-corrected chi connectivity index (χ3v) is 9.54. The van der Waals surface area contributed by atoms with Crippen LogP contribution in [0.3, 0.4) is 0 Å². The van der Waals surface area contributed by atoms with Crippen LogP contribution in [0.15, 0.2) is 77.9 Å². The second-order valence-electron chi connectivity index (χ2n) is 13.4. The highest BCUT2D eigenvalue weighted by Crippen LogP contribution is 2.27. The molecule has 0 aliphatic carbocycles. The first kappa shape index (κ1) is 40.7. The number of aromatic amines is 1. The predicted molar refractivity (Wildman–Crippen MR) is 202 cm³/mol. The molecule has 0 spiro atoms. The summed E-state index contributed by atoms with van der Waals surface area (Å²) in [7, 11) is 0. The van der Waals surface area contributed by atoms with Crippen molar-refractivity contribution >= 4 is 62.9 Å². The molecule has 15 heteroatoms. The summed E-state index contributed by atoms with van der Waals surface area (Å²) in [5, 5.41) is 24.0. The van der Waals surface area contributed by atoms with Crippen molar-refractivity contribution in [3.8, 4) is 0 Å². The molecule has 11 N–H and O–H groups in total. The van der Waals surface area contributed by atoms with Crippen LogP contribution in [0.25, 0.3) is 21.7 Å². The van der Waals surface area contributed by atoms with E-state index in [1.807, 2.05) is 66.7 Å². The number of carbonyl (C=O) groups is 6. The number of primary amides is 1.